The van der Waals surface area contributed by atoms with E-state index in [2.05, 4.69) is 0 Å². The van der Waals surface area contributed by atoms with Gasteiger partial charge in [0.2, 0.25) is 0 Å². The molecule has 2 rings (SSSR count). The van der Waals surface area contributed by atoms with Gasteiger partial charge in [-0.2, -0.15) is 0 Å². The van der Waals surface area contributed by atoms with E-state index in [0.717, 1.165) is 22.8 Å². The highest BCUT2D eigenvalue weighted by molar-refractivity contribution is 6.31. The summed E-state index contributed by atoms with van der Waals surface area (Å²) in [4.78, 5) is 2.00. The maximum absolute atomic E-state index is 6.03. The number of nitrogen functional groups attached to an aromatic ring is 1. The standard InChI is InChI=1S/C14H15ClN2O/c1-17(12-6-4-11(16)5-7-12)13-9-10(15)3-8-14(13)18-2/h3-9H,16H2,1-2H3. The molecule has 0 bridgehead atoms. The van der Waals surface area contributed by atoms with Gasteiger partial charge in [-0.1, -0.05) is 11.6 Å². The first-order valence-corrected chi connectivity index (χ1v) is 5.92. The van der Waals surface area contributed by atoms with Gasteiger partial charge in [-0.05, 0) is 42.5 Å². The third kappa shape index (κ3) is 2.51. The van der Waals surface area contributed by atoms with Crippen molar-refractivity contribution in [2.45, 2.75) is 0 Å². The van der Waals surface area contributed by atoms with Crippen LogP contribution < -0.4 is 15.4 Å². The molecule has 3 nitrogen and oxygen atoms in total. The quantitative estimate of drug-likeness (QED) is 0.858. The molecule has 0 radical (unpaired) electrons. The molecule has 0 saturated carbocycles. The topological polar surface area (TPSA) is 38.5 Å². The van der Waals surface area contributed by atoms with Gasteiger partial charge in [0.1, 0.15) is 5.75 Å². The van der Waals surface area contributed by atoms with E-state index in [1.54, 1.807) is 13.2 Å². The first-order valence-electron chi connectivity index (χ1n) is 5.54. The van der Waals surface area contributed by atoms with Crippen molar-refractivity contribution in [3.8, 4) is 5.75 Å². The Hall–Kier alpha value is -1.87. The number of ether oxygens (including phenoxy) is 1. The summed E-state index contributed by atoms with van der Waals surface area (Å²) in [5.41, 5.74) is 8.35. The summed E-state index contributed by atoms with van der Waals surface area (Å²) in [5.74, 6) is 0.777. The molecule has 0 aliphatic heterocycles. The molecule has 94 valence electrons. The molecule has 2 N–H and O–H groups in total. The number of hydrogen-bond acceptors (Lipinski definition) is 3. The van der Waals surface area contributed by atoms with Crippen LogP contribution in [0.3, 0.4) is 0 Å². The van der Waals surface area contributed by atoms with E-state index in [-0.39, 0.29) is 0 Å². The third-order valence-electron chi connectivity index (χ3n) is 2.78. The van der Waals surface area contributed by atoms with Crippen LogP contribution in [0, 0.1) is 0 Å². The fourth-order valence-electron chi connectivity index (χ4n) is 1.76. The maximum atomic E-state index is 6.03. The van der Waals surface area contributed by atoms with E-state index >= 15 is 0 Å². The van der Waals surface area contributed by atoms with E-state index in [1.807, 2.05) is 48.3 Å². The van der Waals surface area contributed by atoms with Gasteiger partial charge < -0.3 is 15.4 Å². The Morgan fingerprint density at radius 2 is 1.78 bits per heavy atom. The molecule has 0 amide bonds. The third-order valence-corrected chi connectivity index (χ3v) is 3.02. The van der Waals surface area contributed by atoms with Gasteiger partial charge >= 0.3 is 0 Å². The van der Waals surface area contributed by atoms with E-state index in [1.165, 1.54) is 0 Å². The van der Waals surface area contributed by atoms with Gasteiger partial charge in [0.05, 0.1) is 12.8 Å². The molecule has 0 unspecified atom stereocenters. The van der Waals surface area contributed by atoms with Gasteiger partial charge in [-0.25, -0.2) is 0 Å². The number of nitrogens with two attached hydrogens (primary N) is 1. The second-order valence-corrected chi connectivity index (χ2v) is 4.40. The van der Waals surface area contributed by atoms with Crippen LogP contribution in [-0.4, -0.2) is 14.2 Å². The summed E-state index contributed by atoms with van der Waals surface area (Å²) in [6, 6.07) is 13.2. The molecule has 0 fully saturated rings. The van der Waals surface area contributed by atoms with E-state index in [4.69, 9.17) is 22.1 Å². The van der Waals surface area contributed by atoms with Crippen molar-refractivity contribution in [3.63, 3.8) is 0 Å². The lowest BCUT2D eigenvalue weighted by Crippen LogP contribution is -2.10. The summed E-state index contributed by atoms with van der Waals surface area (Å²) in [6.45, 7) is 0. The second-order valence-electron chi connectivity index (χ2n) is 3.97. The molecule has 0 atom stereocenters. The molecular formula is C14H15ClN2O. The molecule has 2 aromatic rings. The zero-order valence-electron chi connectivity index (χ0n) is 10.4. The molecule has 0 heterocycles. The molecule has 18 heavy (non-hydrogen) atoms. The summed E-state index contributed by atoms with van der Waals surface area (Å²) >= 11 is 6.03. The maximum Gasteiger partial charge on any atom is 0.142 e. The Morgan fingerprint density at radius 1 is 1.11 bits per heavy atom. The van der Waals surface area contributed by atoms with Crippen LogP contribution >= 0.6 is 11.6 Å². The minimum Gasteiger partial charge on any atom is -0.495 e. The Morgan fingerprint density at radius 3 is 2.39 bits per heavy atom. The van der Waals surface area contributed by atoms with Crippen LogP contribution in [0.5, 0.6) is 5.75 Å². The molecule has 0 aliphatic carbocycles. The van der Waals surface area contributed by atoms with E-state index in [9.17, 15) is 0 Å². The monoisotopic (exact) mass is 262 g/mol. The number of halogens is 1. The Kier molecular flexibility index (Phi) is 3.63. The predicted molar refractivity (Wildman–Crippen MR) is 76.9 cm³/mol. The van der Waals surface area contributed by atoms with Gasteiger partial charge in [-0.3, -0.25) is 0 Å². The highest BCUT2D eigenvalue weighted by atomic mass is 35.5. The SMILES string of the molecule is COc1ccc(Cl)cc1N(C)c1ccc(N)cc1. The van der Waals surface area contributed by atoms with Crippen molar-refractivity contribution in [3.05, 3.63) is 47.5 Å². The summed E-state index contributed by atoms with van der Waals surface area (Å²) in [7, 11) is 3.60. The Balaban J connectivity index is 2.41. The van der Waals surface area contributed by atoms with Crippen molar-refractivity contribution >= 4 is 28.7 Å². The molecule has 0 saturated heterocycles. The smallest absolute Gasteiger partial charge is 0.142 e. The number of methoxy groups -OCH3 is 1. The average molecular weight is 263 g/mol. The van der Waals surface area contributed by atoms with Crippen molar-refractivity contribution in [2.75, 3.05) is 24.8 Å². The lowest BCUT2D eigenvalue weighted by molar-refractivity contribution is 0.415. The van der Waals surface area contributed by atoms with Gasteiger partial charge in [-0.15, -0.1) is 0 Å². The minimum atomic E-state index is 0.674. The predicted octanol–water partition coefficient (Wildman–Crippen LogP) is 3.70. The number of nitrogens with zero attached hydrogens (tertiary/aromatic N) is 1. The number of benzene rings is 2. The largest absolute Gasteiger partial charge is 0.495 e. The summed E-state index contributed by atoms with van der Waals surface area (Å²) in [6.07, 6.45) is 0. The van der Waals surface area contributed by atoms with Crippen LogP contribution in [0.15, 0.2) is 42.5 Å². The van der Waals surface area contributed by atoms with Gasteiger partial charge in [0, 0.05) is 23.4 Å². The lowest BCUT2D eigenvalue weighted by Gasteiger charge is -2.22. The molecule has 0 aliphatic rings. The van der Waals surface area contributed by atoms with Crippen LogP contribution in [0.25, 0.3) is 0 Å². The Bertz CT molecular complexity index is 540. The molecule has 4 heteroatoms. The fraction of sp³-hybridized carbons (Fsp3) is 0.143. The number of rotatable bonds is 3. The molecule has 0 spiro atoms. The van der Waals surface area contributed by atoms with Crippen molar-refractivity contribution in [1.82, 2.24) is 0 Å². The van der Waals surface area contributed by atoms with Gasteiger partial charge in [0.15, 0.2) is 0 Å². The first kappa shape index (κ1) is 12.6. The molecule has 0 aromatic heterocycles. The van der Waals surface area contributed by atoms with E-state index < -0.39 is 0 Å². The highest BCUT2D eigenvalue weighted by Gasteiger charge is 2.10. The van der Waals surface area contributed by atoms with E-state index in [0.29, 0.717) is 5.02 Å². The molecule has 2 aromatic carbocycles. The fourth-order valence-corrected chi connectivity index (χ4v) is 1.93. The van der Waals surface area contributed by atoms with Crippen molar-refractivity contribution < 1.29 is 4.74 Å². The zero-order chi connectivity index (χ0) is 13.1. The first-order chi connectivity index (χ1) is 8.61. The minimum absolute atomic E-state index is 0.674. The van der Waals surface area contributed by atoms with Crippen LogP contribution in [0.1, 0.15) is 0 Å². The normalized spacial score (nSPS) is 10.2. The highest BCUT2D eigenvalue weighted by Crippen LogP contribution is 2.34. The van der Waals surface area contributed by atoms with Gasteiger partial charge in [0.25, 0.3) is 0 Å². The number of anilines is 3. The van der Waals surface area contributed by atoms with Crippen molar-refractivity contribution in [2.24, 2.45) is 0 Å². The summed E-state index contributed by atoms with van der Waals surface area (Å²) in [5, 5.41) is 0.674. The zero-order valence-corrected chi connectivity index (χ0v) is 11.1. The summed E-state index contributed by atoms with van der Waals surface area (Å²) < 4.78 is 5.34. The molecular weight excluding hydrogens is 248 g/mol. The van der Waals surface area contributed by atoms with Crippen molar-refractivity contribution in [1.29, 1.82) is 0 Å². The lowest BCUT2D eigenvalue weighted by atomic mass is 10.2. The average Bonchev–Trinajstić information content (AvgIpc) is 2.39. The second kappa shape index (κ2) is 5.19. The van der Waals surface area contributed by atoms with Crippen LogP contribution in [0.4, 0.5) is 17.1 Å². The number of hydrogen-bond donors (Lipinski definition) is 1. The Labute approximate surface area is 112 Å². The van der Waals surface area contributed by atoms with Crippen LogP contribution in [0.2, 0.25) is 5.02 Å². The van der Waals surface area contributed by atoms with Crippen LogP contribution in [-0.2, 0) is 0 Å².